The molecule has 2 amide bonds. The lowest BCUT2D eigenvalue weighted by Gasteiger charge is -2.22. The van der Waals surface area contributed by atoms with Crippen LogP contribution in [0.4, 0.5) is 0 Å². The Balaban J connectivity index is 1.81. The number of carbonyl (C=O) groups is 3. The highest BCUT2D eigenvalue weighted by Gasteiger charge is 2.30. The van der Waals surface area contributed by atoms with E-state index in [-0.39, 0.29) is 30.3 Å². The van der Waals surface area contributed by atoms with Crippen LogP contribution in [0, 0.1) is 5.92 Å². The van der Waals surface area contributed by atoms with Crippen molar-refractivity contribution >= 4 is 17.8 Å². The average molecular weight is 332 g/mol. The molecule has 2 rings (SSSR count). The summed E-state index contributed by atoms with van der Waals surface area (Å²) in [6.07, 6.45) is 2.42. The van der Waals surface area contributed by atoms with E-state index < -0.39 is 5.97 Å². The molecule has 0 aliphatic heterocycles. The molecule has 0 radical (unpaired) electrons. The minimum atomic E-state index is -0.806. The number of nitrogens with one attached hydrogen (secondary N) is 1. The molecule has 2 N–H and O–H groups in total. The molecule has 1 aromatic rings. The number of amides is 2. The molecule has 1 fully saturated rings. The van der Waals surface area contributed by atoms with Crippen LogP contribution in [-0.2, 0) is 20.8 Å². The summed E-state index contributed by atoms with van der Waals surface area (Å²) in [7, 11) is 0. The van der Waals surface area contributed by atoms with Gasteiger partial charge in [-0.15, -0.1) is 0 Å². The van der Waals surface area contributed by atoms with E-state index in [2.05, 4.69) is 5.32 Å². The predicted octanol–water partition coefficient (Wildman–Crippen LogP) is 1.45. The van der Waals surface area contributed by atoms with Crippen LogP contribution in [-0.4, -0.2) is 46.9 Å². The van der Waals surface area contributed by atoms with E-state index in [0.29, 0.717) is 32.2 Å². The summed E-state index contributed by atoms with van der Waals surface area (Å²) in [5, 5.41) is 11.8. The predicted molar refractivity (Wildman–Crippen MR) is 89.3 cm³/mol. The van der Waals surface area contributed by atoms with Crippen molar-refractivity contribution in [2.45, 2.75) is 38.6 Å². The van der Waals surface area contributed by atoms with Crippen molar-refractivity contribution in [1.82, 2.24) is 10.2 Å². The lowest BCUT2D eigenvalue weighted by Crippen LogP contribution is -2.43. The van der Waals surface area contributed by atoms with Gasteiger partial charge in [-0.3, -0.25) is 14.4 Å². The van der Waals surface area contributed by atoms with Crippen LogP contribution in [0.2, 0.25) is 0 Å². The van der Waals surface area contributed by atoms with Gasteiger partial charge in [0.05, 0.1) is 12.5 Å². The first-order valence-electron chi connectivity index (χ1n) is 8.27. The van der Waals surface area contributed by atoms with Crippen molar-refractivity contribution < 1.29 is 19.5 Å². The first-order valence-corrected chi connectivity index (χ1v) is 8.27. The Labute approximate surface area is 141 Å². The second-order valence-corrected chi connectivity index (χ2v) is 6.29. The van der Waals surface area contributed by atoms with Gasteiger partial charge in [0, 0.05) is 19.5 Å². The zero-order chi connectivity index (χ0) is 17.5. The first kappa shape index (κ1) is 18.0. The van der Waals surface area contributed by atoms with Gasteiger partial charge >= 0.3 is 5.97 Å². The second-order valence-electron chi connectivity index (χ2n) is 6.29. The number of benzene rings is 1. The molecule has 0 saturated heterocycles. The maximum Gasteiger partial charge on any atom is 0.306 e. The van der Waals surface area contributed by atoms with Gasteiger partial charge < -0.3 is 15.3 Å². The number of hydrogen-bond donors (Lipinski definition) is 2. The molecule has 0 unspecified atom stereocenters. The van der Waals surface area contributed by atoms with Crippen LogP contribution in [0.1, 0.15) is 31.7 Å². The maximum absolute atomic E-state index is 12.1. The molecular weight excluding hydrogens is 308 g/mol. The summed E-state index contributed by atoms with van der Waals surface area (Å²) in [6.45, 7) is 1.94. The molecule has 6 heteroatoms. The average Bonchev–Trinajstić information content (AvgIpc) is 3.00. The quantitative estimate of drug-likeness (QED) is 0.791. The number of nitrogens with zero attached hydrogens (tertiary/aromatic N) is 1. The fraction of sp³-hybridized carbons (Fsp3) is 0.500. The molecule has 0 bridgehead atoms. The third kappa shape index (κ3) is 5.37. The van der Waals surface area contributed by atoms with Gasteiger partial charge in [-0.1, -0.05) is 30.3 Å². The van der Waals surface area contributed by atoms with Gasteiger partial charge in [0.15, 0.2) is 0 Å². The van der Waals surface area contributed by atoms with Gasteiger partial charge in [-0.25, -0.2) is 0 Å². The van der Waals surface area contributed by atoms with E-state index in [1.54, 1.807) is 0 Å². The van der Waals surface area contributed by atoms with Crippen molar-refractivity contribution in [2.75, 3.05) is 13.1 Å². The van der Waals surface area contributed by atoms with Crippen LogP contribution < -0.4 is 5.32 Å². The van der Waals surface area contributed by atoms with Gasteiger partial charge in [0.2, 0.25) is 11.8 Å². The molecule has 0 spiro atoms. The van der Waals surface area contributed by atoms with Gasteiger partial charge in [-0.05, 0) is 31.2 Å². The van der Waals surface area contributed by atoms with Crippen molar-refractivity contribution in [3.8, 4) is 0 Å². The Bertz CT molecular complexity index is 588. The highest BCUT2D eigenvalue weighted by atomic mass is 16.4. The molecule has 1 aliphatic carbocycles. The van der Waals surface area contributed by atoms with Gasteiger partial charge in [0.1, 0.15) is 0 Å². The Morgan fingerprint density at radius 3 is 2.50 bits per heavy atom. The molecular formula is C18H24N2O4. The highest BCUT2D eigenvalue weighted by Crippen LogP contribution is 2.25. The zero-order valence-corrected chi connectivity index (χ0v) is 13.9. The van der Waals surface area contributed by atoms with E-state index in [1.807, 2.05) is 30.3 Å². The lowest BCUT2D eigenvalue weighted by atomic mass is 10.1. The number of carbonyl (C=O) groups excluding carboxylic acids is 2. The summed E-state index contributed by atoms with van der Waals surface area (Å²) in [5.74, 6) is -1.55. The SMILES string of the molecule is CC(=O)N(CCc1ccccc1)CC(=O)N[C@@H]1CC[C@H](C(=O)O)C1. The van der Waals surface area contributed by atoms with Crippen LogP contribution in [0.3, 0.4) is 0 Å². The van der Waals surface area contributed by atoms with Crippen LogP contribution >= 0.6 is 0 Å². The summed E-state index contributed by atoms with van der Waals surface area (Å²) in [4.78, 5) is 36.4. The standard InChI is InChI=1S/C18H24N2O4/c1-13(21)20(10-9-14-5-3-2-4-6-14)12-17(22)19-16-8-7-15(11-16)18(23)24/h2-6,15-16H,7-12H2,1H3,(H,19,22)(H,23,24)/t15-,16+/m0/s1. The summed E-state index contributed by atoms with van der Waals surface area (Å²) in [5.41, 5.74) is 1.12. The fourth-order valence-electron chi connectivity index (χ4n) is 3.04. The molecule has 0 heterocycles. The maximum atomic E-state index is 12.1. The van der Waals surface area contributed by atoms with E-state index in [1.165, 1.54) is 11.8 Å². The van der Waals surface area contributed by atoms with Gasteiger partial charge in [0.25, 0.3) is 0 Å². The minimum absolute atomic E-state index is 0.0103. The van der Waals surface area contributed by atoms with Crippen molar-refractivity contribution in [3.63, 3.8) is 0 Å². The molecule has 1 aliphatic rings. The number of aliphatic carboxylic acids is 1. The molecule has 130 valence electrons. The fourth-order valence-corrected chi connectivity index (χ4v) is 3.04. The van der Waals surface area contributed by atoms with Crippen LogP contribution in [0.25, 0.3) is 0 Å². The summed E-state index contributed by atoms with van der Waals surface area (Å²) in [6, 6.07) is 9.69. The summed E-state index contributed by atoms with van der Waals surface area (Å²) < 4.78 is 0. The molecule has 0 aromatic heterocycles. The summed E-state index contributed by atoms with van der Waals surface area (Å²) >= 11 is 0. The number of hydrogen-bond acceptors (Lipinski definition) is 3. The molecule has 1 aromatic carbocycles. The molecule has 6 nitrogen and oxygen atoms in total. The van der Waals surface area contributed by atoms with Crippen molar-refractivity contribution in [3.05, 3.63) is 35.9 Å². The van der Waals surface area contributed by atoms with Gasteiger partial charge in [-0.2, -0.15) is 0 Å². The van der Waals surface area contributed by atoms with Crippen molar-refractivity contribution in [1.29, 1.82) is 0 Å². The number of carboxylic acid groups (broad SMARTS) is 1. The smallest absolute Gasteiger partial charge is 0.306 e. The van der Waals surface area contributed by atoms with Crippen LogP contribution in [0.5, 0.6) is 0 Å². The topological polar surface area (TPSA) is 86.7 Å². The zero-order valence-electron chi connectivity index (χ0n) is 13.9. The third-order valence-electron chi connectivity index (χ3n) is 4.44. The Kier molecular flexibility index (Phi) is 6.35. The number of rotatable bonds is 7. The van der Waals surface area contributed by atoms with E-state index in [0.717, 1.165) is 5.56 Å². The van der Waals surface area contributed by atoms with E-state index in [9.17, 15) is 14.4 Å². The van der Waals surface area contributed by atoms with E-state index in [4.69, 9.17) is 5.11 Å². The Hall–Kier alpha value is -2.37. The lowest BCUT2D eigenvalue weighted by molar-refractivity contribution is -0.141. The second kappa shape index (κ2) is 8.47. The molecule has 1 saturated carbocycles. The van der Waals surface area contributed by atoms with E-state index >= 15 is 0 Å². The van der Waals surface area contributed by atoms with Crippen LogP contribution in [0.15, 0.2) is 30.3 Å². The normalized spacial score (nSPS) is 19.7. The Morgan fingerprint density at radius 2 is 1.92 bits per heavy atom. The monoisotopic (exact) mass is 332 g/mol. The molecule has 2 atom stereocenters. The largest absolute Gasteiger partial charge is 0.481 e. The minimum Gasteiger partial charge on any atom is -0.481 e. The third-order valence-corrected chi connectivity index (χ3v) is 4.44. The highest BCUT2D eigenvalue weighted by molar-refractivity contribution is 5.84. The molecule has 24 heavy (non-hydrogen) atoms. The Morgan fingerprint density at radius 1 is 1.21 bits per heavy atom. The number of carboxylic acids is 1. The van der Waals surface area contributed by atoms with Crippen molar-refractivity contribution in [2.24, 2.45) is 5.92 Å². The first-order chi connectivity index (χ1) is 11.5.